The number of H-pyrrole nitrogens is 1. The van der Waals surface area contributed by atoms with E-state index in [0.717, 1.165) is 52.1 Å². The van der Waals surface area contributed by atoms with Crippen LogP contribution in [0.2, 0.25) is 0 Å². The highest BCUT2D eigenvalue weighted by Crippen LogP contribution is 2.36. The van der Waals surface area contributed by atoms with Crippen molar-refractivity contribution in [1.29, 1.82) is 0 Å². The Labute approximate surface area is 191 Å². The fourth-order valence-corrected chi connectivity index (χ4v) is 4.80. The monoisotopic (exact) mass is 481 g/mol. The van der Waals surface area contributed by atoms with Gasteiger partial charge in [-0.2, -0.15) is 0 Å². The quantitative estimate of drug-likeness (QED) is 0.353. The summed E-state index contributed by atoms with van der Waals surface area (Å²) in [6, 6.07) is 14.0. The van der Waals surface area contributed by atoms with Gasteiger partial charge in [0.1, 0.15) is 0 Å². The molecule has 162 valence electrons. The maximum absolute atomic E-state index is 12.5. The number of ether oxygens (including phenoxy) is 1. The van der Waals surface area contributed by atoms with E-state index in [1.807, 2.05) is 36.5 Å². The van der Waals surface area contributed by atoms with Crippen molar-refractivity contribution >= 4 is 44.2 Å². The Morgan fingerprint density at radius 1 is 1.00 bits per heavy atom. The minimum atomic E-state index is -0.248. The van der Waals surface area contributed by atoms with E-state index in [9.17, 15) is 4.79 Å². The number of aromatic nitrogens is 1. The summed E-state index contributed by atoms with van der Waals surface area (Å²) < 4.78 is 7.05. The fourth-order valence-electron chi connectivity index (χ4n) is 4.44. The molecule has 2 aliphatic rings. The Morgan fingerprint density at radius 3 is 2.52 bits per heavy atom. The van der Waals surface area contributed by atoms with Crippen LogP contribution in [0.4, 0.5) is 16.2 Å². The van der Waals surface area contributed by atoms with Crippen LogP contribution >= 0.6 is 15.9 Å². The molecular weight excluding hydrogens is 454 g/mol. The summed E-state index contributed by atoms with van der Waals surface area (Å²) in [5.41, 5.74) is 3.89. The summed E-state index contributed by atoms with van der Waals surface area (Å²) in [5, 5.41) is 6.83. The van der Waals surface area contributed by atoms with Gasteiger partial charge in [-0.15, -0.1) is 0 Å². The lowest BCUT2D eigenvalue weighted by molar-refractivity contribution is 0.0186. The van der Waals surface area contributed by atoms with Gasteiger partial charge in [-0.25, -0.2) is 4.79 Å². The maximum atomic E-state index is 12.5. The molecule has 0 unspecified atom stereocenters. The van der Waals surface area contributed by atoms with Crippen LogP contribution in [0.5, 0.6) is 0 Å². The Balaban J connectivity index is 1.14. The molecule has 31 heavy (non-hydrogen) atoms. The van der Waals surface area contributed by atoms with Crippen LogP contribution in [-0.4, -0.2) is 23.7 Å². The zero-order valence-electron chi connectivity index (χ0n) is 17.5. The fraction of sp³-hybridized carbons (Fsp3) is 0.400. The molecule has 2 aliphatic carbocycles. The second-order valence-electron chi connectivity index (χ2n) is 8.84. The smallest absolute Gasteiger partial charge is 0.323 e. The van der Waals surface area contributed by atoms with E-state index < -0.39 is 0 Å². The van der Waals surface area contributed by atoms with Gasteiger partial charge >= 0.3 is 6.03 Å². The summed E-state index contributed by atoms with van der Waals surface area (Å²) in [6.45, 7) is 0.966. The average molecular weight is 482 g/mol. The molecule has 3 N–H and O–H groups in total. The Kier molecular flexibility index (Phi) is 6.01. The molecule has 0 bridgehead atoms. The summed E-state index contributed by atoms with van der Waals surface area (Å²) in [7, 11) is 0. The normalized spacial score (nSPS) is 21.2. The van der Waals surface area contributed by atoms with E-state index >= 15 is 0 Å². The van der Waals surface area contributed by atoms with Gasteiger partial charge in [0.25, 0.3) is 0 Å². The first-order valence-electron chi connectivity index (χ1n) is 11.2. The van der Waals surface area contributed by atoms with Crippen molar-refractivity contribution in [1.82, 2.24) is 4.98 Å². The van der Waals surface area contributed by atoms with Crippen LogP contribution in [0.1, 0.15) is 50.0 Å². The van der Waals surface area contributed by atoms with Crippen molar-refractivity contribution in [3.63, 3.8) is 0 Å². The van der Waals surface area contributed by atoms with Crippen molar-refractivity contribution in [2.75, 3.05) is 17.2 Å². The first kappa shape index (κ1) is 20.6. The number of benzene rings is 2. The predicted molar refractivity (Wildman–Crippen MR) is 129 cm³/mol. The maximum Gasteiger partial charge on any atom is 0.323 e. The Bertz CT molecular complexity index is 1050. The third-order valence-corrected chi connectivity index (χ3v) is 6.96. The van der Waals surface area contributed by atoms with Gasteiger partial charge in [-0.05, 0) is 86.3 Å². The van der Waals surface area contributed by atoms with Gasteiger partial charge in [0.2, 0.25) is 0 Å². The van der Waals surface area contributed by atoms with E-state index in [1.165, 1.54) is 31.2 Å². The second-order valence-corrected chi connectivity index (χ2v) is 9.76. The van der Waals surface area contributed by atoms with Crippen LogP contribution < -0.4 is 10.6 Å². The molecule has 2 saturated carbocycles. The predicted octanol–water partition coefficient (Wildman–Crippen LogP) is 7.03. The molecule has 3 aromatic rings. The number of nitrogens with one attached hydrogen (secondary N) is 3. The lowest BCUT2D eigenvalue weighted by Gasteiger charge is -2.29. The number of fused-ring (bicyclic) bond motifs is 1. The molecule has 0 atom stereocenters. The number of amides is 2. The van der Waals surface area contributed by atoms with Crippen molar-refractivity contribution < 1.29 is 9.53 Å². The summed E-state index contributed by atoms with van der Waals surface area (Å²) in [4.78, 5) is 15.7. The molecule has 2 amide bonds. The lowest BCUT2D eigenvalue weighted by atomic mass is 9.82. The third-order valence-electron chi connectivity index (χ3n) is 6.47. The zero-order valence-corrected chi connectivity index (χ0v) is 19.1. The highest BCUT2D eigenvalue weighted by atomic mass is 79.9. The molecule has 2 fully saturated rings. The van der Waals surface area contributed by atoms with Gasteiger partial charge in [0.15, 0.2) is 0 Å². The van der Waals surface area contributed by atoms with Gasteiger partial charge < -0.3 is 20.4 Å². The van der Waals surface area contributed by atoms with Crippen LogP contribution in [0.3, 0.4) is 0 Å². The van der Waals surface area contributed by atoms with Crippen molar-refractivity contribution in [3.05, 3.63) is 58.7 Å². The molecule has 6 heteroatoms. The standard InChI is InChI=1S/C25H28BrN3O2/c26-19-7-12-23-22(13-19)24(14-27-23)29-25(30)28-20-8-3-17(4-9-20)18-5-10-21(11-6-18)31-15-16-1-2-16/h3-4,7-9,12-14,16,18,21,27H,1-2,5-6,10-11,15H2,(H2,28,29,30). The largest absolute Gasteiger partial charge is 0.378 e. The number of carbonyl (C=O) groups excluding carboxylic acids is 1. The van der Waals surface area contributed by atoms with Crippen LogP contribution in [0, 0.1) is 5.92 Å². The van der Waals surface area contributed by atoms with Gasteiger partial charge in [-0.1, -0.05) is 28.1 Å². The molecule has 1 aromatic heterocycles. The molecule has 0 spiro atoms. The van der Waals surface area contributed by atoms with Gasteiger partial charge in [0.05, 0.1) is 11.8 Å². The van der Waals surface area contributed by atoms with Crippen molar-refractivity contribution in [2.45, 2.75) is 50.5 Å². The molecule has 0 radical (unpaired) electrons. The molecule has 2 aromatic carbocycles. The number of halogens is 1. The highest BCUT2D eigenvalue weighted by Gasteiger charge is 2.26. The number of urea groups is 1. The summed E-state index contributed by atoms with van der Waals surface area (Å²) >= 11 is 3.48. The number of carbonyl (C=O) groups is 1. The van der Waals surface area contributed by atoms with Crippen molar-refractivity contribution in [3.8, 4) is 0 Å². The average Bonchev–Trinajstić information content (AvgIpc) is 3.54. The van der Waals surface area contributed by atoms with Crippen LogP contribution in [0.15, 0.2) is 53.1 Å². The number of rotatable bonds is 6. The molecule has 5 nitrogen and oxygen atoms in total. The molecular formula is C25H28BrN3O2. The van der Waals surface area contributed by atoms with E-state index in [4.69, 9.17) is 4.74 Å². The van der Waals surface area contributed by atoms with Crippen molar-refractivity contribution in [2.24, 2.45) is 5.92 Å². The number of hydrogen-bond donors (Lipinski definition) is 3. The molecule has 5 rings (SSSR count). The van der Waals surface area contributed by atoms with E-state index in [2.05, 4.69) is 43.7 Å². The number of hydrogen-bond acceptors (Lipinski definition) is 2. The topological polar surface area (TPSA) is 66.2 Å². The second kappa shape index (κ2) is 9.05. The highest BCUT2D eigenvalue weighted by molar-refractivity contribution is 9.10. The Morgan fingerprint density at radius 2 is 1.77 bits per heavy atom. The van der Waals surface area contributed by atoms with Gasteiger partial charge in [-0.3, -0.25) is 0 Å². The first-order valence-corrected chi connectivity index (χ1v) is 12.0. The zero-order chi connectivity index (χ0) is 21.2. The third kappa shape index (κ3) is 5.13. The lowest BCUT2D eigenvalue weighted by Crippen LogP contribution is -2.22. The minimum Gasteiger partial charge on any atom is -0.378 e. The number of aromatic amines is 1. The Hall–Kier alpha value is -2.31. The van der Waals surface area contributed by atoms with Crippen LogP contribution in [-0.2, 0) is 4.74 Å². The first-order chi connectivity index (χ1) is 15.1. The van der Waals surface area contributed by atoms with E-state index in [-0.39, 0.29) is 6.03 Å². The minimum absolute atomic E-state index is 0.248. The molecule has 1 heterocycles. The van der Waals surface area contributed by atoms with Gasteiger partial charge in [0, 0.05) is 33.9 Å². The molecule has 0 saturated heterocycles. The van der Waals surface area contributed by atoms with Crippen LogP contribution in [0.25, 0.3) is 10.9 Å². The summed E-state index contributed by atoms with van der Waals surface area (Å²) in [6.07, 6.45) is 9.63. The number of anilines is 2. The molecule has 0 aliphatic heterocycles. The van der Waals surface area contributed by atoms with E-state index in [1.54, 1.807) is 0 Å². The van der Waals surface area contributed by atoms with E-state index in [0.29, 0.717) is 12.0 Å². The summed E-state index contributed by atoms with van der Waals surface area (Å²) in [5.74, 6) is 1.43. The SMILES string of the molecule is O=C(Nc1ccc(C2CCC(OCC3CC3)CC2)cc1)Nc1c[nH]c2ccc(Br)cc12.